The summed E-state index contributed by atoms with van der Waals surface area (Å²) in [6.45, 7) is 1.95. The normalized spacial score (nSPS) is 14.1. The molecule has 0 radical (unpaired) electrons. The zero-order valence-corrected chi connectivity index (χ0v) is 17.6. The first-order chi connectivity index (χ1) is 13.8. The maximum atomic E-state index is 13.2. The number of hydrogen-bond donors (Lipinski definition) is 1. The molecule has 1 N–H and O–H groups in total. The molecule has 2 aromatic carbocycles. The first kappa shape index (κ1) is 20.9. The summed E-state index contributed by atoms with van der Waals surface area (Å²) in [5.41, 5.74) is 2.33. The zero-order valence-electron chi connectivity index (χ0n) is 16.8. The van der Waals surface area contributed by atoms with E-state index in [-0.39, 0.29) is 23.1 Å². The third-order valence-corrected chi connectivity index (χ3v) is 6.65. The van der Waals surface area contributed by atoms with E-state index in [0.29, 0.717) is 30.2 Å². The highest BCUT2D eigenvalue weighted by molar-refractivity contribution is 7.89. The summed E-state index contributed by atoms with van der Waals surface area (Å²) in [5.74, 6) is 1.20. The number of fused-ring (bicyclic) bond motifs is 1. The fourth-order valence-corrected chi connectivity index (χ4v) is 4.77. The van der Waals surface area contributed by atoms with Gasteiger partial charge < -0.3 is 19.5 Å². The lowest BCUT2D eigenvalue weighted by atomic mass is 10.0. The van der Waals surface area contributed by atoms with Crippen molar-refractivity contribution in [3.8, 4) is 17.2 Å². The molecule has 0 unspecified atom stereocenters. The summed E-state index contributed by atoms with van der Waals surface area (Å²) < 4.78 is 43.8. The Morgan fingerprint density at radius 2 is 1.59 bits per heavy atom. The molecule has 29 heavy (non-hydrogen) atoms. The molecule has 0 spiro atoms. The van der Waals surface area contributed by atoms with Crippen molar-refractivity contribution in [3.05, 3.63) is 41.5 Å². The molecule has 0 atom stereocenters. The predicted molar refractivity (Wildman–Crippen MR) is 108 cm³/mol. The molecule has 0 saturated carbocycles. The number of rotatable bonds is 6. The summed E-state index contributed by atoms with van der Waals surface area (Å²) in [5, 5.41) is 2.62. The van der Waals surface area contributed by atoms with Crippen LogP contribution in [0.1, 0.15) is 18.1 Å². The maximum absolute atomic E-state index is 13.2. The van der Waals surface area contributed by atoms with Crippen molar-refractivity contribution in [1.29, 1.82) is 0 Å². The number of ether oxygens (including phenoxy) is 3. The number of sulfonamides is 1. The smallest absolute Gasteiger partial charge is 0.243 e. The van der Waals surface area contributed by atoms with E-state index in [0.717, 1.165) is 11.1 Å². The number of anilines is 1. The minimum atomic E-state index is -3.75. The number of carbonyl (C=O) groups is 1. The van der Waals surface area contributed by atoms with Crippen LogP contribution in [0.3, 0.4) is 0 Å². The largest absolute Gasteiger partial charge is 0.495 e. The standard InChI is InChI=1S/C20H24N2O6S/c1-13(23)21-17-6-5-16(11-18(17)26-2)29(24,25)22-8-7-14-9-19(27-3)20(28-4)10-15(14)12-22/h5-6,9-11H,7-8,12H2,1-4H3,(H,21,23). The van der Waals surface area contributed by atoms with Gasteiger partial charge in [-0.15, -0.1) is 0 Å². The van der Waals surface area contributed by atoms with Gasteiger partial charge in [0, 0.05) is 26.1 Å². The fourth-order valence-electron chi connectivity index (χ4n) is 3.34. The second-order valence-corrected chi connectivity index (χ2v) is 8.55. The molecule has 9 heteroatoms. The summed E-state index contributed by atoms with van der Waals surface area (Å²) in [7, 11) is 0.793. The lowest BCUT2D eigenvalue weighted by molar-refractivity contribution is -0.114. The van der Waals surface area contributed by atoms with Crippen LogP contribution in [0.15, 0.2) is 35.2 Å². The van der Waals surface area contributed by atoms with Crippen LogP contribution in [0.2, 0.25) is 0 Å². The van der Waals surface area contributed by atoms with Gasteiger partial charge in [0.2, 0.25) is 15.9 Å². The van der Waals surface area contributed by atoms with Gasteiger partial charge in [-0.05, 0) is 41.8 Å². The van der Waals surface area contributed by atoms with Gasteiger partial charge >= 0.3 is 0 Å². The Hall–Kier alpha value is -2.78. The average molecular weight is 420 g/mol. The molecule has 8 nitrogen and oxygen atoms in total. The lowest BCUT2D eigenvalue weighted by Gasteiger charge is -2.29. The third kappa shape index (κ3) is 4.15. The molecule has 1 aliphatic heterocycles. The van der Waals surface area contributed by atoms with Crippen LogP contribution >= 0.6 is 0 Å². The van der Waals surface area contributed by atoms with Gasteiger partial charge in [0.05, 0.1) is 31.9 Å². The summed E-state index contributed by atoms with van der Waals surface area (Å²) in [4.78, 5) is 11.4. The molecule has 156 valence electrons. The Morgan fingerprint density at radius 3 is 2.17 bits per heavy atom. The topological polar surface area (TPSA) is 94.2 Å². The monoisotopic (exact) mass is 420 g/mol. The number of benzene rings is 2. The predicted octanol–water partition coefficient (Wildman–Crippen LogP) is 2.42. The van der Waals surface area contributed by atoms with Crippen molar-refractivity contribution >= 4 is 21.6 Å². The van der Waals surface area contributed by atoms with E-state index in [1.807, 2.05) is 12.1 Å². The second-order valence-electron chi connectivity index (χ2n) is 6.61. The van der Waals surface area contributed by atoms with Crippen LogP contribution in [0.4, 0.5) is 5.69 Å². The second kappa shape index (κ2) is 8.30. The number of nitrogens with one attached hydrogen (secondary N) is 1. The van der Waals surface area contributed by atoms with Crippen LogP contribution in [0.5, 0.6) is 17.2 Å². The Morgan fingerprint density at radius 1 is 0.966 bits per heavy atom. The Balaban J connectivity index is 1.92. The minimum absolute atomic E-state index is 0.104. The Kier molecular flexibility index (Phi) is 5.99. The van der Waals surface area contributed by atoms with E-state index in [1.165, 1.54) is 36.5 Å². The molecule has 2 aromatic rings. The van der Waals surface area contributed by atoms with Crippen LogP contribution in [0.25, 0.3) is 0 Å². The summed E-state index contributed by atoms with van der Waals surface area (Å²) in [6, 6.07) is 8.12. The average Bonchev–Trinajstić information content (AvgIpc) is 2.71. The van der Waals surface area contributed by atoms with Crippen LogP contribution in [0, 0.1) is 0 Å². The molecule has 0 aliphatic carbocycles. The van der Waals surface area contributed by atoms with Crippen LogP contribution in [-0.4, -0.2) is 46.5 Å². The number of nitrogens with zero attached hydrogens (tertiary/aromatic N) is 1. The summed E-state index contributed by atoms with van der Waals surface area (Å²) >= 11 is 0. The van der Waals surface area contributed by atoms with E-state index in [1.54, 1.807) is 14.2 Å². The molecule has 0 bridgehead atoms. The van der Waals surface area contributed by atoms with Crippen molar-refractivity contribution < 1.29 is 27.4 Å². The first-order valence-corrected chi connectivity index (χ1v) is 10.4. The molecule has 3 rings (SSSR count). The molecule has 1 heterocycles. The first-order valence-electron chi connectivity index (χ1n) is 8.99. The highest BCUT2D eigenvalue weighted by atomic mass is 32.2. The van der Waals surface area contributed by atoms with Gasteiger partial charge in [0.25, 0.3) is 0 Å². The van der Waals surface area contributed by atoms with E-state index in [2.05, 4.69) is 5.32 Å². The van der Waals surface area contributed by atoms with Crippen LogP contribution in [-0.2, 0) is 27.8 Å². The number of hydrogen-bond acceptors (Lipinski definition) is 6. The SMILES string of the molecule is COc1cc(S(=O)(=O)N2CCc3cc(OC)c(OC)cc3C2)ccc1NC(C)=O. The van der Waals surface area contributed by atoms with Gasteiger partial charge in [-0.3, -0.25) is 4.79 Å². The van der Waals surface area contributed by atoms with Gasteiger partial charge in [0.15, 0.2) is 11.5 Å². The third-order valence-electron chi connectivity index (χ3n) is 4.80. The van der Waals surface area contributed by atoms with E-state index in [4.69, 9.17) is 14.2 Å². The van der Waals surface area contributed by atoms with Gasteiger partial charge in [-0.25, -0.2) is 8.42 Å². The molecular weight excluding hydrogens is 396 g/mol. The quantitative estimate of drug-likeness (QED) is 0.771. The van der Waals surface area contributed by atoms with Crippen molar-refractivity contribution in [2.75, 3.05) is 33.2 Å². The molecule has 1 amide bonds. The van der Waals surface area contributed by atoms with Crippen molar-refractivity contribution in [3.63, 3.8) is 0 Å². The van der Waals surface area contributed by atoms with E-state index in [9.17, 15) is 13.2 Å². The van der Waals surface area contributed by atoms with Gasteiger partial charge in [-0.1, -0.05) is 0 Å². The van der Waals surface area contributed by atoms with E-state index >= 15 is 0 Å². The molecular formula is C20H24N2O6S. The number of methoxy groups -OCH3 is 3. The molecule has 0 aromatic heterocycles. The minimum Gasteiger partial charge on any atom is -0.495 e. The number of amides is 1. The van der Waals surface area contributed by atoms with Crippen molar-refractivity contribution in [2.24, 2.45) is 0 Å². The highest BCUT2D eigenvalue weighted by Gasteiger charge is 2.30. The zero-order chi connectivity index (χ0) is 21.2. The summed E-state index contributed by atoms with van der Waals surface area (Å²) in [6.07, 6.45) is 0.566. The van der Waals surface area contributed by atoms with E-state index < -0.39 is 10.0 Å². The van der Waals surface area contributed by atoms with Crippen LogP contribution < -0.4 is 19.5 Å². The number of carbonyl (C=O) groups excluding carboxylic acids is 1. The fraction of sp³-hybridized carbons (Fsp3) is 0.350. The maximum Gasteiger partial charge on any atom is 0.243 e. The molecule has 0 fully saturated rings. The van der Waals surface area contributed by atoms with Gasteiger partial charge in [0.1, 0.15) is 5.75 Å². The highest BCUT2D eigenvalue weighted by Crippen LogP contribution is 2.35. The molecule has 0 saturated heterocycles. The Labute approximate surface area is 170 Å². The van der Waals surface area contributed by atoms with Crippen molar-refractivity contribution in [2.45, 2.75) is 24.8 Å². The lowest BCUT2D eigenvalue weighted by Crippen LogP contribution is -2.36. The molecule has 1 aliphatic rings. The Bertz CT molecular complexity index is 1040. The van der Waals surface area contributed by atoms with Crippen molar-refractivity contribution in [1.82, 2.24) is 4.31 Å². The van der Waals surface area contributed by atoms with Gasteiger partial charge in [-0.2, -0.15) is 4.31 Å².